The zero-order valence-corrected chi connectivity index (χ0v) is 7.21. The predicted molar refractivity (Wildman–Crippen MR) is 51.2 cm³/mol. The van der Waals surface area contributed by atoms with Crippen molar-refractivity contribution in [3.63, 3.8) is 0 Å². The van der Waals surface area contributed by atoms with E-state index < -0.39 is 0 Å². The standard InChI is InChI=1S/C10H9FN2/c1-12-10-5-7-2-3-9(11)4-8(7)6-13-10/h2-6H,1H3,(H,12,13). The van der Waals surface area contributed by atoms with Crippen LogP contribution in [0, 0.1) is 5.82 Å². The Morgan fingerprint density at radius 2 is 2.08 bits per heavy atom. The number of halogens is 1. The van der Waals surface area contributed by atoms with Gasteiger partial charge >= 0.3 is 0 Å². The Balaban J connectivity index is 2.66. The summed E-state index contributed by atoms with van der Waals surface area (Å²) < 4.78 is 12.8. The Morgan fingerprint density at radius 3 is 2.85 bits per heavy atom. The molecule has 0 bridgehead atoms. The van der Waals surface area contributed by atoms with Gasteiger partial charge in [-0.15, -0.1) is 0 Å². The summed E-state index contributed by atoms with van der Waals surface area (Å²) in [6.07, 6.45) is 1.66. The number of fused-ring (bicyclic) bond motifs is 1. The fraction of sp³-hybridized carbons (Fsp3) is 0.100. The first kappa shape index (κ1) is 7.98. The summed E-state index contributed by atoms with van der Waals surface area (Å²) in [6, 6.07) is 6.55. The Kier molecular flexibility index (Phi) is 1.85. The zero-order chi connectivity index (χ0) is 9.26. The van der Waals surface area contributed by atoms with Gasteiger partial charge in [0.15, 0.2) is 0 Å². The third kappa shape index (κ3) is 1.45. The number of nitrogens with one attached hydrogen (secondary N) is 1. The van der Waals surface area contributed by atoms with Crippen molar-refractivity contribution < 1.29 is 4.39 Å². The number of hydrogen-bond donors (Lipinski definition) is 1. The average molecular weight is 176 g/mol. The lowest BCUT2D eigenvalue weighted by atomic mass is 10.2. The first-order valence-electron chi connectivity index (χ1n) is 4.02. The second-order valence-electron chi connectivity index (χ2n) is 2.81. The van der Waals surface area contributed by atoms with Crippen LogP contribution < -0.4 is 5.32 Å². The molecular formula is C10H9FN2. The molecule has 2 aromatic rings. The smallest absolute Gasteiger partial charge is 0.126 e. The number of benzene rings is 1. The SMILES string of the molecule is CNc1cc2ccc(F)cc2cn1. The van der Waals surface area contributed by atoms with E-state index in [1.54, 1.807) is 19.3 Å². The van der Waals surface area contributed by atoms with E-state index in [-0.39, 0.29) is 5.82 Å². The minimum atomic E-state index is -0.230. The van der Waals surface area contributed by atoms with E-state index in [4.69, 9.17) is 0 Å². The highest BCUT2D eigenvalue weighted by atomic mass is 19.1. The first-order valence-corrected chi connectivity index (χ1v) is 4.02. The van der Waals surface area contributed by atoms with E-state index in [0.717, 1.165) is 16.6 Å². The second kappa shape index (κ2) is 3.01. The molecule has 2 nitrogen and oxygen atoms in total. The molecule has 0 saturated heterocycles. The third-order valence-electron chi connectivity index (χ3n) is 1.94. The van der Waals surface area contributed by atoms with Crippen molar-refractivity contribution in [2.45, 2.75) is 0 Å². The van der Waals surface area contributed by atoms with Crippen molar-refractivity contribution >= 4 is 16.6 Å². The Hall–Kier alpha value is -1.64. The normalized spacial score (nSPS) is 10.3. The fourth-order valence-electron chi connectivity index (χ4n) is 1.25. The van der Waals surface area contributed by atoms with E-state index in [0.29, 0.717) is 0 Å². The topological polar surface area (TPSA) is 24.9 Å². The van der Waals surface area contributed by atoms with Crippen LogP contribution in [-0.2, 0) is 0 Å². The molecule has 0 saturated carbocycles. The summed E-state index contributed by atoms with van der Waals surface area (Å²) in [5, 5.41) is 4.73. The van der Waals surface area contributed by atoms with Crippen LogP contribution in [0.4, 0.5) is 10.2 Å². The molecule has 0 spiro atoms. The Morgan fingerprint density at radius 1 is 1.23 bits per heavy atom. The molecule has 0 aliphatic heterocycles. The van der Waals surface area contributed by atoms with Gasteiger partial charge in [-0.05, 0) is 23.6 Å². The lowest BCUT2D eigenvalue weighted by Gasteiger charge is -2.01. The molecule has 0 atom stereocenters. The van der Waals surface area contributed by atoms with Crippen LogP contribution in [0.15, 0.2) is 30.5 Å². The Labute approximate surface area is 75.4 Å². The van der Waals surface area contributed by atoms with Crippen LogP contribution in [0.5, 0.6) is 0 Å². The van der Waals surface area contributed by atoms with Crippen LogP contribution in [0.2, 0.25) is 0 Å². The van der Waals surface area contributed by atoms with Gasteiger partial charge in [0.05, 0.1) is 0 Å². The van der Waals surface area contributed by atoms with Gasteiger partial charge in [-0.3, -0.25) is 0 Å². The summed E-state index contributed by atoms with van der Waals surface area (Å²) in [4.78, 5) is 4.09. The summed E-state index contributed by atoms with van der Waals surface area (Å²) in [5.74, 6) is 0.561. The quantitative estimate of drug-likeness (QED) is 0.721. The van der Waals surface area contributed by atoms with Gasteiger partial charge in [0.2, 0.25) is 0 Å². The van der Waals surface area contributed by atoms with Crippen molar-refractivity contribution in [1.82, 2.24) is 4.98 Å². The number of hydrogen-bond acceptors (Lipinski definition) is 2. The highest BCUT2D eigenvalue weighted by Crippen LogP contribution is 2.17. The van der Waals surface area contributed by atoms with Gasteiger partial charge in [0.25, 0.3) is 0 Å². The molecule has 13 heavy (non-hydrogen) atoms. The third-order valence-corrected chi connectivity index (χ3v) is 1.94. The second-order valence-corrected chi connectivity index (χ2v) is 2.81. The molecule has 1 heterocycles. The number of rotatable bonds is 1. The van der Waals surface area contributed by atoms with Crippen LogP contribution in [0.3, 0.4) is 0 Å². The molecular weight excluding hydrogens is 167 g/mol. The molecule has 0 fully saturated rings. The molecule has 0 amide bonds. The van der Waals surface area contributed by atoms with Crippen LogP contribution in [-0.4, -0.2) is 12.0 Å². The molecule has 3 heteroatoms. The van der Waals surface area contributed by atoms with E-state index in [1.807, 2.05) is 6.07 Å². The molecule has 66 valence electrons. The number of aromatic nitrogens is 1. The van der Waals surface area contributed by atoms with Crippen molar-refractivity contribution in [2.75, 3.05) is 12.4 Å². The molecule has 0 radical (unpaired) electrons. The van der Waals surface area contributed by atoms with Crippen molar-refractivity contribution in [3.05, 3.63) is 36.3 Å². The highest BCUT2D eigenvalue weighted by Gasteiger charge is 1.97. The molecule has 0 unspecified atom stereocenters. The van der Waals surface area contributed by atoms with Gasteiger partial charge in [-0.25, -0.2) is 9.37 Å². The molecule has 1 aromatic heterocycles. The summed E-state index contributed by atoms with van der Waals surface area (Å²) in [6.45, 7) is 0. The minimum Gasteiger partial charge on any atom is -0.373 e. The van der Waals surface area contributed by atoms with Crippen LogP contribution in [0.1, 0.15) is 0 Å². The zero-order valence-electron chi connectivity index (χ0n) is 7.21. The molecule has 1 aromatic carbocycles. The van der Waals surface area contributed by atoms with Crippen LogP contribution in [0.25, 0.3) is 10.8 Å². The predicted octanol–water partition coefficient (Wildman–Crippen LogP) is 2.42. The van der Waals surface area contributed by atoms with Gasteiger partial charge in [0.1, 0.15) is 11.6 Å². The van der Waals surface area contributed by atoms with E-state index in [9.17, 15) is 4.39 Å². The van der Waals surface area contributed by atoms with E-state index in [2.05, 4.69) is 10.3 Å². The minimum absolute atomic E-state index is 0.230. The maximum atomic E-state index is 12.8. The van der Waals surface area contributed by atoms with Crippen LogP contribution >= 0.6 is 0 Å². The van der Waals surface area contributed by atoms with Gasteiger partial charge in [0, 0.05) is 18.6 Å². The molecule has 0 aliphatic rings. The number of anilines is 1. The van der Waals surface area contributed by atoms with Crippen molar-refractivity contribution in [3.8, 4) is 0 Å². The van der Waals surface area contributed by atoms with Gasteiger partial charge in [-0.2, -0.15) is 0 Å². The number of nitrogens with zero attached hydrogens (tertiary/aromatic N) is 1. The van der Waals surface area contributed by atoms with E-state index >= 15 is 0 Å². The van der Waals surface area contributed by atoms with Gasteiger partial charge < -0.3 is 5.32 Å². The largest absolute Gasteiger partial charge is 0.373 e. The number of pyridine rings is 1. The lowest BCUT2D eigenvalue weighted by Crippen LogP contribution is -1.91. The van der Waals surface area contributed by atoms with E-state index in [1.165, 1.54) is 12.1 Å². The summed E-state index contributed by atoms with van der Waals surface area (Å²) >= 11 is 0. The van der Waals surface area contributed by atoms with Gasteiger partial charge in [-0.1, -0.05) is 6.07 Å². The lowest BCUT2D eigenvalue weighted by molar-refractivity contribution is 0.629. The maximum absolute atomic E-state index is 12.8. The molecule has 0 aliphatic carbocycles. The molecule has 2 rings (SSSR count). The van der Waals surface area contributed by atoms with Crippen molar-refractivity contribution in [2.24, 2.45) is 0 Å². The molecule has 1 N–H and O–H groups in total. The average Bonchev–Trinajstić information content (AvgIpc) is 2.17. The monoisotopic (exact) mass is 176 g/mol. The summed E-state index contributed by atoms with van der Waals surface area (Å²) in [7, 11) is 1.80. The summed E-state index contributed by atoms with van der Waals surface area (Å²) in [5.41, 5.74) is 0. The maximum Gasteiger partial charge on any atom is 0.126 e. The van der Waals surface area contributed by atoms with Crippen molar-refractivity contribution in [1.29, 1.82) is 0 Å². The highest BCUT2D eigenvalue weighted by molar-refractivity contribution is 5.83. The fourth-order valence-corrected chi connectivity index (χ4v) is 1.25. The Bertz CT molecular complexity index is 440. The first-order chi connectivity index (χ1) is 6.29.